The van der Waals surface area contributed by atoms with E-state index in [-0.39, 0.29) is 5.91 Å². The summed E-state index contributed by atoms with van der Waals surface area (Å²) < 4.78 is 0. The van der Waals surface area contributed by atoms with Gasteiger partial charge in [-0.05, 0) is 37.7 Å². The number of carbonyl (C=O) groups is 1. The zero-order valence-corrected chi connectivity index (χ0v) is 8.71. The predicted molar refractivity (Wildman–Crippen MR) is 54.3 cm³/mol. The Labute approximate surface area is 80.4 Å². The van der Waals surface area contributed by atoms with Gasteiger partial charge in [0.05, 0.1) is 0 Å². The number of hydrogen-bond donors (Lipinski definition) is 1. The van der Waals surface area contributed by atoms with Crippen molar-refractivity contribution in [3.05, 3.63) is 12.2 Å². The van der Waals surface area contributed by atoms with Crippen LogP contribution in [0.3, 0.4) is 0 Å². The molecule has 2 heteroatoms. The first-order valence-electron chi connectivity index (χ1n) is 5.08. The number of allylic oxidation sites excluding steroid dienone is 1. The van der Waals surface area contributed by atoms with E-state index in [1.165, 1.54) is 6.42 Å². The molecule has 13 heavy (non-hydrogen) atoms. The van der Waals surface area contributed by atoms with Gasteiger partial charge in [-0.2, -0.15) is 0 Å². The molecule has 0 aliphatic heterocycles. The molecule has 3 atom stereocenters. The number of amides is 1. The van der Waals surface area contributed by atoms with Crippen molar-refractivity contribution in [1.29, 1.82) is 0 Å². The van der Waals surface area contributed by atoms with Gasteiger partial charge in [0.1, 0.15) is 0 Å². The van der Waals surface area contributed by atoms with E-state index in [9.17, 15) is 4.79 Å². The SMILES string of the molecule is CC=CC(=O)NC1CCC(C)C1C. The van der Waals surface area contributed by atoms with Crippen LogP contribution in [0.5, 0.6) is 0 Å². The van der Waals surface area contributed by atoms with Crippen molar-refractivity contribution in [3.8, 4) is 0 Å². The molecule has 1 amide bonds. The second kappa shape index (κ2) is 4.45. The first-order chi connectivity index (χ1) is 6.15. The summed E-state index contributed by atoms with van der Waals surface area (Å²) in [6.07, 6.45) is 5.74. The van der Waals surface area contributed by atoms with Gasteiger partial charge in [0.25, 0.3) is 0 Å². The molecule has 1 fully saturated rings. The van der Waals surface area contributed by atoms with E-state index in [4.69, 9.17) is 0 Å². The Bertz CT molecular complexity index is 210. The van der Waals surface area contributed by atoms with Gasteiger partial charge in [0.2, 0.25) is 5.91 Å². The van der Waals surface area contributed by atoms with Crippen LogP contribution >= 0.6 is 0 Å². The zero-order valence-electron chi connectivity index (χ0n) is 8.71. The molecule has 1 aliphatic rings. The molecule has 1 rings (SSSR count). The van der Waals surface area contributed by atoms with Crippen LogP contribution in [-0.2, 0) is 4.79 Å². The van der Waals surface area contributed by atoms with Crippen LogP contribution in [0, 0.1) is 11.8 Å². The number of carbonyl (C=O) groups excluding carboxylic acids is 1. The van der Waals surface area contributed by atoms with Crippen LogP contribution in [-0.4, -0.2) is 11.9 Å². The number of hydrogen-bond acceptors (Lipinski definition) is 1. The summed E-state index contributed by atoms with van der Waals surface area (Å²) in [4.78, 5) is 11.3. The van der Waals surface area contributed by atoms with Crippen LogP contribution in [0.4, 0.5) is 0 Å². The highest BCUT2D eigenvalue weighted by Gasteiger charge is 2.30. The van der Waals surface area contributed by atoms with Crippen LogP contribution in [0.15, 0.2) is 12.2 Å². The summed E-state index contributed by atoms with van der Waals surface area (Å²) in [5.74, 6) is 1.42. The maximum Gasteiger partial charge on any atom is 0.243 e. The molecule has 0 heterocycles. The van der Waals surface area contributed by atoms with Crippen LogP contribution in [0.2, 0.25) is 0 Å². The molecule has 1 saturated carbocycles. The van der Waals surface area contributed by atoms with E-state index >= 15 is 0 Å². The van der Waals surface area contributed by atoms with Crippen LogP contribution < -0.4 is 5.32 Å². The smallest absolute Gasteiger partial charge is 0.243 e. The third-order valence-corrected chi connectivity index (χ3v) is 3.11. The maximum absolute atomic E-state index is 11.3. The van der Waals surface area contributed by atoms with E-state index in [2.05, 4.69) is 19.2 Å². The highest BCUT2D eigenvalue weighted by Crippen LogP contribution is 2.30. The van der Waals surface area contributed by atoms with Crippen molar-refractivity contribution in [2.45, 2.75) is 39.7 Å². The Balaban J connectivity index is 2.42. The quantitative estimate of drug-likeness (QED) is 0.649. The summed E-state index contributed by atoms with van der Waals surface area (Å²) >= 11 is 0. The molecule has 74 valence electrons. The summed E-state index contributed by atoms with van der Waals surface area (Å²) in [6.45, 7) is 6.34. The Morgan fingerprint density at radius 3 is 2.54 bits per heavy atom. The van der Waals surface area contributed by atoms with E-state index in [1.54, 1.807) is 12.2 Å². The first-order valence-corrected chi connectivity index (χ1v) is 5.08. The van der Waals surface area contributed by atoms with E-state index in [0.29, 0.717) is 12.0 Å². The van der Waals surface area contributed by atoms with Crippen molar-refractivity contribution in [1.82, 2.24) is 5.32 Å². The number of rotatable bonds is 2. The Morgan fingerprint density at radius 2 is 2.08 bits per heavy atom. The fourth-order valence-electron chi connectivity index (χ4n) is 1.95. The Kier molecular flexibility index (Phi) is 3.52. The lowest BCUT2D eigenvalue weighted by atomic mass is 9.98. The fraction of sp³-hybridized carbons (Fsp3) is 0.727. The van der Waals surface area contributed by atoms with Gasteiger partial charge in [-0.15, -0.1) is 0 Å². The van der Waals surface area contributed by atoms with Crippen LogP contribution in [0.1, 0.15) is 33.6 Å². The second-order valence-corrected chi connectivity index (χ2v) is 4.03. The molecule has 3 unspecified atom stereocenters. The van der Waals surface area contributed by atoms with Gasteiger partial charge in [0, 0.05) is 6.04 Å². The zero-order chi connectivity index (χ0) is 9.84. The van der Waals surface area contributed by atoms with Crippen molar-refractivity contribution in [2.75, 3.05) is 0 Å². The lowest BCUT2D eigenvalue weighted by Crippen LogP contribution is -2.36. The molecular weight excluding hydrogens is 162 g/mol. The minimum Gasteiger partial charge on any atom is -0.350 e. The molecule has 0 aromatic carbocycles. The van der Waals surface area contributed by atoms with Crippen molar-refractivity contribution < 1.29 is 4.79 Å². The summed E-state index contributed by atoms with van der Waals surface area (Å²) in [7, 11) is 0. The van der Waals surface area contributed by atoms with E-state index in [0.717, 1.165) is 12.3 Å². The molecule has 0 spiro atoms. The van der Waals surface area contributed by atoms with Crippen molar-refractivity contribution >= 4 is 5.91 Å². The average Bonchev–Trinajstić information content (AvgIpc) is 2.37. The fourth-order valence-corrected chi connectivity index (χ4v) is 1.95. The molecule has 0 aromatic rings. The van der Waals surface area contributed by atoms with Gasteiger partial charge in [-0.25, -0.2) is 0 Å². The number of nitrogens with one attached hydrogen (secondary N) is 1. The van der Waals surface area contributed by atoms with E-state index < -0.39 is 0 Å². The standard InChI is InChI=1S/C11H19NO/c1-4-5-11(13)12-10-7-6-8(2)9(10)3/h4-5,8-10H,6-7H2,1-3H3,(H,12,13). The van der Waals surface area contributed by atoms with Crippen molar-refractivity contribution in [3.63, 3.8) is 0 Å². The molecule has 0 bridgehead atoms. The topological polar surface area (TPSA) is 29.1 Å². The molecule has 0 radical (unpaired) electrons. The second-order valence-electron chi connectivity index (χ2n) is 4.03. The largest absolute Gasteiger partial charge is 0.350 e. The minimum atomic E-state index is 0.0495. The van der Waals surface area contributed by atoms with Crippen LogP contribution in [0.25, 0.3) is 0 Å². The average molecular weight is 181 g/mol. The monoisotopic (exact) mass is 181 g/mol. The lowest BCUT2D eigenvalue weighted by molar-refractivity contribution is -0.117. The lowest BCUT2D eigenvalue weighted by Gasteiger charge is -2.18. The maximum atomic E-state index is 11.3. The molecule has 0 saturated heterocycles. The normalized spacial score (nSPS) is 33.9. The summed E-state index contributed by atoms with van der Waals surface area (Å²) in [5.41, 5.74) is 0. The Hall–Kier alpha value is -0.790. The Morgan fingerprint density at radius 1 is 1.38 bits per heavy atom. The van der Waals surface area contributed by atoms with Gasteiger partial charge < -0.3 is 5.32 Å². The molecule has 2 nitrogen and oxygen atoms in total. The van der Waals surface area contributed by atoms with Gasteiger partial charge >= 0.3 is 0 Å². The minimum absolute atomic E-state index is 0.0495. The summed E-state index contributed by atoms with van der Waals surface area (Å²) in [6, 6.07) is 0.388. The van der Waals surface area contributed by atoms with E-state index in [1.807, 2.05) is 6.92 Å². The third-order valence-electron chi connectivity index (χ3n) is 3.11. The predicted octanol–water partition coefficient (Wildman–Crippen LogP) is 2.11. The first kappa shape index (κ1) is 10.3. The summed E-state index contributed by atoms with van der Waals surface area (Å²) in [5, 5.41) is 3.03. The highest BCUT2D eigenvalue weighted by atomic mass is 16.1. The van der Waals surface area contributed by atoms with Gasteiger partial charge in [-0.3, -0.25) is 4.79 Å². The molecule has 0 aromatic heterocycles. The molecule has 1 aliphatic carbocycles. The van der Waals surface area contributed by atoms with Crippen molar-refractivity contribution in [2.24, 2.45) is 11.8 Å². The van der Waals surface area contributed by atoms with Gasteiger partial charge in [-0.1, -0.05) is 19.9 Å². The third kappa shape index (κ3) is 2.58. The highest BCUT2D eigenvalue weighted by molar-refractivity contribution is 5.87. The molecule has 1 N–H and O–H groups in total. The molecular formula is C11H19NO. The van der Waals surface area contributed by atoms with Gasteiger partial charge in [0.15, 0.2) is 0 Å².